The van der Waals surface area contributed by atoms with Crippen LogP contribution in [-0.4, -0.2) is 27.8 Å². The Balaban J connectivity index is 1.83. The van der Waals surface area contributed by atoms with Crippen molar-refractivity contribution in [3.05, 3.63) is 30.1 Å². The fourth-order valence-corrected chi connectivity index (χ4v) is 1.15. The SMILES string of the molecule is O=C(O)c1ccc(NCCc2ncon2)o1. The van der Waals surface area contributed by atoms with Crippen LogP contribution < -0.4 is 5.32 Å². The van der Waals surface area contributed by atoms with E-state index in [1.54, 1.807) is 6.07 Å². The number of anilines is 1. The van der Waals surface area contributed by atoms with Crippen LogP contribution in [-0.2, 0) is 6.42 Å². The Morgan fingerprint density at radius 1 is 1.50 bits per heavy atom. The first kappa shape index (κ1) is 10.2. The number of aromatic nitrogens is 2. The van der Waals surface area contributed by atoms with E-state index in [0.717, 1.165) is 0 Å². The van der Waals surface area contributed by atoms with Crippen molar-refractivity contribution in [3.63, 3.8) is 0 Å². The van der Waals surface area contributed by atoms with Crippen molar-refractivity contribution in [2.45, 2.75) is 6.42 Å². The van der Waals surface area contributed by atoms with Gasteiger partial charge in [0.15, 0.2) is 11.7 Å². The van der Waals surface area contributed by atoms with Crippen LogP contribution in [0.5, 0.6) is 0 Å². The summed E-state index contributed by atoms with van der Waals surface area (Å²) >= 11 is 0. The zero-order valence-electron chi connectivity index (χ0n) is 8.21. The molecule has 0 atom stereocenters. The molecule has 2 heterocycles. The molecule has 0 fully saturated rings. The summed E-state index contributed by atoms with van der Waals surface area (Å²) in [6.07, 6.45) is 1.82. The van der Waals surface area contributed by atoms with Gasteiger partial charge in [-0.15, -0.1) is 0 Å². The second kappa shape index (κ2) is 4.47. The van der Waals surface area contributed by atoms with E-state index in [2.05, 4.69) is 20.0 Å². The summed E-state index contributed by atoms with van der Waals surface area (Å²) in [4.78, 5) is 14.4. The number of hydrogen-bond acceptors (Lipinski definition) is 6. The first-order valence-corrected chi connectivity index (χ1v) is 4.58. The summed E-state index contributed by atoms with van der Waals surface area (Å²) in [7, 11) is 0. The third kappa shape index (κ3) is 2.38. The maximum atomic E-state index is 10.5. The van der Waals surface area contributed by atoms with Crippen LogP contribution in [0, 0.1) is 0 Å². The van der Waals surface area contributed by atoms with Gasteiger partial charge in [0.05, 0.1) is 0 Å². The second-order valence-corrected chi connectivity index (χ2v) is 2.99. The monoisotopic (exact) mass is 223 g/mol. The summed E-state index contributed by atoms with van der Waals surface area (Å²) in [6, 6.07) is 2.94. The minimum atomic E-state index is -1.09. The highest BCUT2D eigenvalue weighted by atomic mass is 16.5. The summed E-state index contributed by atoms with van der Waals surface area (Å²) < 4.78 is 9.55. The maximum absolute atomic E-state index is 10.5. The average Bonchev–Trinajstić information content (AvgIpc) is 2.87. The molecule has 7 heteroatoms. The highest BCUT2D eigenvalue weighted by Gasteiger charge is 2.08. The van der Waals surface area contributed by atoms with E-state index < -0.39 is 5.97 Å². The van der Waals surface area contributed by atoms with Crippen molar-refractivity contribution < 1.29 is 18.8 Å². The lowest BCUT2D eigenvalue weighted by Gasteiger charge is -1.98. The highest BCUT2D eigenvalue weighted by Crippen LogP contribution is 2.12. The third-order valence-electron chi connectivity index (χ3n) is 1.87. The van der Waals surface area contributed by atoms with E-state index in [1.165, 1.54) is 12.5 Å². The van der Waals surface area contributed by atoms with E-state index in [0.29, 0.717) is 24.7 Å². The molecule has 2 aromatic heterocycles. The van der Waals surface area contributed by atoms with Crippen LogP contribution in [0.2, 0.25) is 0 Å². The van der Waals surface area contributed by atoms with Crippen LogP contribution in [0.4, 0.5) is 5.88 Å². The smallest absolute Gasteiger partial charge is 0.371 e. The molecular weight excluding hydrogens is 214 g/mol. The van der Waals surface area contributed by atoms with Crippen LogP contribution >= 0.6 is 0 Å². The number of furan rings is 1. The van der Waals surface area contributed by atoms with Crippen LogP contribution in [0.15, 0.2) is 27.5 Å². The number of hydrogen-bond donors (Lipinski definition) is 2. The van der Waals surface area contributed by atoms with Gasteiger partial charge >= 0.3 is 5.97 Å². The van der Waals surface area contributed by atoms with Gasteiger partial charge in [-0.25, -0.2) is 4.79 Å². The number of carboxylic acids is 1. The molecule has 0 bridgehead atoms. The number of nitrogens with zero attached hydrogens (tertiary/aromatic N) is 2. The maximum Gasteiger partial charge on any atom is 0.371 e. The van der Waals surface area contributed by atoms with E-state index in [9.17, 15) is 4.79 Å². The quantitative estimate of drug-likeness (QED) is 0.779. The van der Waals surface area contributed by atoms with Crippen LogP contribution in [0.1, 0.15) is 16.4 Å². The Hall–Kier alpha value is -2.31. The molecule has 0 spiro atoms. The van der Waals surface area contributed by atoms with Crippen LogP contribution in [0.3, 0.4) is 0 Å². The van der Waals surface area contributed by atoms with Crippen molar-refractivity contribution in [2.75, 3.05) is 11.9 Å². The van der Waals surface area contributed by atoms with Crippen molar-refractivity contribution in [2.24, 2.45) is 0 Å². The average molecular weight is 223 g/mol. The molecule has 0 aliphatic heterocycles. The summed E-state index contributed by atoms with van der Waals surface area (Å²) in [5.74, 6) is -0.202. The Kier molecular flexibility index (Phi) is 2.86. The lowest BCUT2D eigenvalue weighted by atomic mass is 10.4. The van der Waals surface area contributed by atoms with Gasteiger partial charge in [0.25, 0.3) is 0 Å². The molecule has 0 aromatic carbocycles. The molecule has 0 aliphatic carbocycles. The number of carbonyl (C=O) groups is 1. The summed E-state index contributed by atoms with van der Waals surface area (Å²) in [5, 5.41) is 15.2. The van der Waals surface area contributed by atoms with Gasteiger partial charge in [-0.05, 0) is 6.07 Å². The van der Waals surface area contributed by atoms with Gasteiger partial charge in [-0.3, -0.25) is 0 Å². The van der Waals surface area contributed by atoms with E-state index >= 15 is 0 Å². The lowest BCUT2D eigenvalue weighted by molar-refractivity contribution is 0.0663. The molecule has 0 radical (unpaired) electrons. The first-order valence-electron chi connectivity index (χ1n) is 4.58. The molecule has 84 valence electrons. The summed E-state index contributed by atoms with van der Waals surface area (Å²) in [6.45, 7) is 0.534. The first-order chi connectivity index (χ1) is 7.75. The molecule has 0 unspecified atom stereocenters. The van der Waals surface area contributed by atoms with E-state index in [-0.39, 0.29) is 5.76 Å². The molecule has 2 rings (SSSR count). The van der Waals surface area contributed by atoms with Gasteiger partial charge in [0.2, 0.25) is 12.2 Å². The number of rotatable bonds is 5. The molecule has 2 aromatic rings. The normalized spacial score (nSPS) is 10.2. The Labute approximate surface area is 90.1 Å². The fourth-order valence-electron chi connectivity index (χ4n) is 1.15. The largest absolute Gasteiger partial charge is 0.475 e. The number of aromatic carboxylic acids is 1. The summed E-state index contributed by atoms with van der Waals surface area (Å²) in [5.41, 5.74) is 0. The highest BCUT2D eigenvalue weighted by molar-refractivity contribution is 5.84. The van der Waals surface area contributed by atoms with Crippen molar-refractivity contribution >= 4 is 11.9 Å². The molecule has 0 saturated carbocycles. The lowest BCUT2D eigenvalue weighted by Crippen LogP contribution is -2.05. The van der Waals surface area contributed by atoms with Crippen molar-refractivity contribution in [1.82, 2.24) is 10.1 Å². The van der Waals surface area contributed by atoms with Gasteiger partial charge < -0.3 is 19.4 Å². The molecule has 16 heavy (non-hydrogen) atoms. The molecule has 0 amide bonds. The van der Waals surface area contributed by atoms with Crippen LogP contribution in [0.25, 0.3) is 0 Å². The standard InChI is InChI=1S/C9H9N3O4/c13-9(14)6-1-2-8(16-6)10-4-3-7-11-5-15-12-7/h1-2,5,10H,3-4H2,(H,13,14). The Morgan fingerprint density at radius 2 is 2.38 bits per heavy atom. The Morgan fingerprint density at radius 3 is 3.00 bits per heavy atom. The van der Waals surface area contributed by atoms with Gasteiger partial charge in [-0.1, -0.05) is 5.16 Å². The van der Waals surface area contributed by atoms with Gasteiger partial charge in [-0.2, -0.15) is 4.98 Å². The van der Waals surface area contributed by atoms with Crippen molar-refractivity contribution in [3.8, 4) is 0 Å². The molecule has 2 N–H and O–H groups in total. The van der Waals surface area contributed by atoms with Gasteiger partial charge in [0, 0.05) is 19.0 Å². The van der Waals surface area contributed by atoms with Gasteiger partial charge in [0.1, 0.15) is 0 Å². The molecule has 7 nitrogen and oxygen atoms in total. The molecule has 0 saturated heterocycles. The fraction of sp³-hybridized carbons (Fsp3) is 0.222. The molecule has 0 aliphatic rings. The third-order valence-corrected chi connectivity index (χ3v) is 1.87. The zero-order valence-corrected chi connectivity index (χ0v) is 8.21. The molecular formula is C9H9N3O4. The van der Waals surface area contributed by atoms with Crippen molar-refractivity contribution in [1.29, 1.82) is 0 Å². The van der Waals surface area contributed by atoms with E-state index in [4.69, 9.17) is 9.52 Å². The van der Waals surface area contributed by atoms with E-state index in [1.807, 2.05) is 0 Å². The second-order valence-electron chi connectivity index (χ2n) is 2.99. The zero-order chi connectivity index (χ0) is 11.4. The topological polar surface area (TPSA) is 101 Å². The predicted molar refractivity (Wildman–Crippen MR) is 52.2 cm³/mol. The number of nitrogens with one attached hydrogen (secondary N) is 1. The minimum absolute atomic E-state index is 0.0953. The number of carboxylic acid groups (broad SMARTS) is 1. The minimum Gasteiger partial charge on any atom is -0.475 e. The Bertz CT molecular complexity index is 463. The predicted octanol–water partition coefficient (Wildman–Crippen LogP) is 1.02.